The number of carbonyl (C=O) groups excluding carboxylic acids is 1. The molecular formula is C13H19BrN2O2. The van der Waals surface area contributed by atoms with Gasteiger partial charge < -0.3 is 10.3 Å². The third-order valence-corrected chi connectivity index (χ3v) is 3.26. The zero-order valence-electron chi connectivity index (χ0n) is 10.5. The number of aromatic amines is 1. The minimum Gasteiger partial charge on any atom is -0.352 e. The lowest BCUT2D eigenvalue weighted by Gasteiger charge is -2.15. The van der Waals surface area contributed by atoms with Crippen molar-refractivity contribution >= 4 is 21.8 Å². The summed E-state index contributed by atoms with van der Waals surface area (Å²) >= 11 is 3.42. The molecule has 2 N–H and O–H groups in total. The van der Waals surface area contributed by atoms with Crippen molar-refractivity contribution in [1.29, 1.82) is 0 Å². The maximum Gasteiger partial charge on any atom is 0.251 e. The highest BCUT2D eigenvalue weighted by Gasteiger charge is 2.10. The van der Waals surface area contributed by atoms with Gasteiger partial charge >= 0.3 is 0 Å². The van der Waals surface area contributed by atoms with Gasteiger partial charge in [0.05, 0.1) is 0 Å². The molecular weight excluding hydrogens is 296 g/mol. The molecule has 0 aliphatic carbocycles. The Bertz CT molecular complexity index is 425. The molecule has 1 rings (SSSR count). The standard InChI is InChI=1S/C13H19BrN2O2/c1-2-3-10(4-6-14)9-16-13(18)11-5-7-15-12(17)8-11/h5,7-8,10H,2-4,6,9H2,1H3,(H,15,17)(H,16,18). The first kappa shape index (κ1) is 15.0. The lowest BCUT2D eigenvalue weighted by molar-refractivity contribution is 0.0946. The van der Waals surface area contributed by atoms with Crippen LogP contribution in [0.2, 0.25) is 0 Å². The summed E-state index contributed by atoms with van der Waals surface area (Å²) in [4.78, 5) is 25.4. The minimum absolute atomic E-state index is 0.184. The summed E-state index contributed by atoms with van der Waals surface area (Å²) < 4.78 is 0. The molecule has 1 atom stereocenters. The summed E-state index contributed by atoms with van der Waals surface area (Å²) in [7, 11) is 0. The average Bonchev–Trinajstić information content (AvgIpc) is 2.36. The van der Waals surface area contributed by atoms with Gasteiger partial charge in [0.25, 0.3) is 5.91 Å². The molecule has 100 valence electrons. The Labute approximate surface area is 115 Å². The van der Waals surface area contributed by atoms with Crippen molar-refractivity contribution in [3.8, 4) is 0 Å². The number of aromatic nitrogens is 1. The van der Waals surface area contributed by atoms with E-state index >= 15 is 0 Å². The fraction of sp³-hybridized carbons (Fsp3) is 0.538. The van der Waals surface area contributed by atoms with Crippen molar-refractivity contribution in [2.45, 2.75) is 26.2 Å². The molecule has 1 unspecified atom stereocenters. The summed E-state index contributed by atoms with van der Waals surface area (Å²) in [5.41, 5.74) is 0.154. The molecule has 0 saturated heterocycles. The first-order valence-corrected chi connectivity index (χ1v) is 7.32. The number of halogens is 1. The number of pyridine rings is 1. The molecule has 1 aromatic heterocycles. The lowest BCUT2D eigenvalue weighted by atomic mass is 10.0. The number of alkyl halides is 1. The highest BCUT2D eigenvalue weighted by atomic mass is 79.9. The van der Waals surface area contributed by atoms with Gasteiger partial charge in [-0.3, -0.25) is 9.59 Å². The zero-order valence-corrected chi connectivity index (χ0v) is 12.1. The first-order chi connectivity index (χ1) is 8.67. The quantitative estimate of drug-likeness (QED) is 0.759. The zero-order chi connectivity index (χ0) is 13.4. The summed E-state index contributed by atoms with van der Waals surface area (Å²) in [6.07, 6.45) is 4.74. The van der Waals surface area contributed by atoms with Crippen LogP contribution in [0.15, 0.2) is 23.1 Å². The van der Waals surface area contributed by atoms with Crippen molar-refractivity contribution in [2.75, 3.05) is 11.9 Å². The molecule has 0 aliphatic heterocycles. The predicted molar refractivity (Wildman–Crippen MR) is 76.2 cm³/mol. The van der Waals surface area contributed by atoms with E-state index in [2.05, 4.69) is 33.2 Å². The van der Waals surface area contributed by atoms with Gasteiger partial charge in [-0.2, -0.15) is 0 Å². The predicted octanol–water partition coefficient (Wildman–Crippen LogP) is 2.31. The Morgan fingerprint density at radius 2 is 2.28 bits per heavy atom. The second kappa shape index (κ2) is 8.08. The van der Waals surface area contributed by atoms with E-state index in [1.165, 1.54) is 12.3 Å². The molecule has 0 bridgehead atoms. The molecule has 1 heterocycles. The molecule has 4 nitrogen and oxygen atoms in total. The van der Waals surface area contributed by atoms with Crippen LogP contribution in [0.5, 0.6) is 0 Å². The molecule has 1 amide bonds. The van der Waals surface area contributed by atoms with Crippen molar-refractivity contribution in [2.24, 2.45) is 5.92 Å². The monoisotopic (exact) mass is 314 g/mol. The van der Waals surface area contributed by atoms with Crippen LogP contribution in [0.3, 0.4) is 0 Å². The largest absolute Gasteiger partial charge is 0.352 e. The average molecular weight is 315 g/mol. The molecule has 0 radical (unpaired) electrons. The number of carbonyl (C=O) groups is 1. The van der Waals surface area contributed by atoms with E-state index in [0.717, 1.165) is 24.6 Å². The van der Waals surface area contributed by atoms with Crippen LogP contribution in [-0.4, -0.2) is 22.8 Å². The summed E-state index contributed by atoms with van der Waals surface area (Å²) in [5, 5.41) is 3.83. The number of rotatable bonds is 7. The highest BCUT2D eigenvalue weighted by Crippen LogP contribution is 2.11. The van der Waals surface area contributed by atoms with Crippen molar-refractivity contribution in [1.82, 2.24) is 10.3 Å². The Morgan fingerprint density at radius 3 is 2.89 bits per heavy atom. The Morgan fingerprint density at radius 1 is 1.50 bits per heavy atom. The highest BCUT2D eigenvalue weighted by molar-refractivity contribution is 9.09. The lowest BCUT2D eigenvalue weighted by Crippen LogP contribution is -2.30. The molecule has 0 aromatic carbocycles. The van der Waals surface area contributed by atoms with Gasteiger partial charge in [-0.1, -0.05) is 29.3 Å². The van der Waals surface area contributed by atoms with Gasteiger partial charge in [0.15, 0.2) is 0 Å². The number of amides is 1. The second-order valence-electron chi connectivity index (χ2n) is 4.28. The topological polar surface area (TPSA) is 62.0 Å². The maximum absolute atomic E-state index is 11.8. The second-order valence-corrected chi connectivity index (χ2v) is 5.08. The fourth-order valence-electron chi connectivity index (χ4n) is 1.84. The molecule has 0 aliphatic rings. The molecule has 5 heteroatoms. The van der Waals surface area contributed by atoms with Gasteiger partial charge in [0.1, 0.15) is 0 Å². The van der Waals surface area contributed by atoms with Crippen LogP contribution in [-0.2, 0) is 0 Å². The number of H-pyrrole nitrogens is 1. The Hall–Kier alpha value is -1.10. The molecule has 18 heavy (non-hydrogen) atoms. The van der Waals surface area contributed by atoms with Gasteiger partial charge in [-0.15, -0.1) is 0 Å². The number of hydrogen-bond acceptors (Lipinski definition) is 2. The van der Waals surface area contributed by atoms with E-state index in [4.69, 9.17) is 0 Å². The van der Waals surface area contributed by atoms with E-state index in [1.54, 1.807) is 6.07 Å². The van der Waals surface area contributed by atoms with E-state index in [0.29, 0.717) is 18.0 Å². The third-order valence-electron chi connectivity index (χ3n) is 2.80. The molecule has 0 spiro atoms. The van der Waals surface area contributed by atoms with E-state index in [9.17, 15) is 9.59 Å². The number of hydrogen-bond donors (Lipinski definition) is 2. The van der Waals surface area contributed by atoms with Crippen LogP contribution < -0.4 is 10.9 Å². The summed E-state index contributed by atoms with van der Waals surface area (Å²) in [5.74, 6) is 0.303. The van der Waals surface area contributed by atoms with Crippen LogP contribution in [0, 0.1) is 5.92 Å². The smallest absolute Gasteiger partial charge is 0.251 e. The minimum atomic E-state index is -0.256. The van der Waals surface area contributed by atoms with E-state index in [-0.39, 0.29) is 11.5 Å². The molecule has 0 fully saturated rings. The van der Waals surface area contributed by atoms with Gasteiger partial charge in [0.2, 0.25) is 5.56 Å². The normalized spacial score (nSPS) is 12.1. The van der Waals surface area contributed by atoms with Gasteiger partial charge in [-0.05, 0) is 24.8 Å². The van der Waals surface area contributed by atoms with Crippen LogP contribution in [0.4, 0.5) is 0 Å². The molecule has 0 saturated carbocycles. The molecule has 1 aromatic rings. The maximum atomic E-state index is 11.8. The first-order valence-electron chi connectivity index (χ1n) is 6.20. The third kappa shape index (κ3) is 5.04. The Balaban J connectivity index is 2.51. The van der Waals surface area contributed by atoms with Crippen LogP contribution >= 0.6 is 15.9 Å². The van der Waals surface area contributed by atoms with Gasteiger partial charge in [-0.25, -0.2) is 0 Å². The van der Waals surface area contributed by atoms with E-state index < -0.39 is 0 Å². The van der Waals surface area contributed by atoms with Gasteiger partial charge in [0, 0.05) is 29.7 Å². The van der Waals surface area contributed by atoms with Crippen molar-refractivity contribution in [3.63, 3.8) is 0 Å². The van der Waals surface area contributed by atoms with Crippen LogP contribution in [0.1, 0.15) is 36.5 Å². The van der Waals surface area contributed by atoms with Crippen molar-refractivity contribution < 1.29 is 4.79 Å². The number of nitrogens with one attached hydrogen (secondary N) is 2. The summed E-state index contributed by atoms with van der Waals surface area (Å²) in [6, 6.07) is 2.92. The van der Waals surface area contributed by atoms with Crippen LogP contribution in [0.25, 0.3) is 0 Å². The SMILES string of the molecule is CCCC(CCBr)CNC(=O)c1cc[nH]c(=O)c1. The Kier molecular flexibility index (Phi) is 6.72. The van der Waals surface area contributed by atoms with Crippen molar-refractivity contribution in [3.05, 3.63) is 34.2 Å². The fourth-order valence-corrected chi connectivity index (χ4v) is 2.48. The van der Waals surface area contributed by atoms with E-state index in [1.807, 2.05) is 0 Å². The summed E-state index contributed by atoms with van der Waals surface area (Å²) in [6.45, 7) is 2.80.